The summed E-state index contributed by atoms with van der Waals surface area (Å²) in [5.41, 5.74) is 1.29. The van der Waals surface area contributed by atoms with Crippen LogP contribution < -0.4 is 0 Å². The predicted octanol–water partition coefficient (Wildman–Crippen LogP) is 0.819. The Morgan fingerprint density at radius 3 is 3.28 bits per heavy atom. The molecule has 1 saturated heterocycles. The number of pyridine rings is 1. The number of ether oxygens (including phenoxy) is 1. The van der Waals surface area contributed by atoms with Crippen LogP contribution in [0, 0.1) is 0 Å². The number of rotatable bonds is 1. The molecule has 1 N–H and O–H groups in total. The van der Waals surface area contributed by atoms with Gasteiger partial charge >= 0.3 is 0 Å². The number of morpholine rings is 1. The second-order valence-electron chi connectivity index (χ2n) is 4.46. The van der Waals surface area contributed by atoms with Gasteiger partial charge in [0.2, 0.25) is 0 Å². The van der Waals surface area contributed by atoms with Crippen LogP contribution in [0.4, 0.5) is 0 Å². The number of amides is 1. The lowest BCUT2D eigenvalue weighted by Gasteiger charge is -2.31. The summed E-state index contributed by atoms with van der Waals surface area (Å²) in [5.74, 6) is 0.000694. The number of carbonyl (C=O) groups excluding carboxylic acids is 1. The molecule has 3 rings (SSSR count). The second-order valence-corrected chi connectivity index (χ2v) is 4.46. The Labute approximate surface area is 104 Å². The summed E-state index contributed by atoms with van der Waals surface area (Å²) in [6.45, 7) is 3.82. The van der Waals surface area contributed by atoms with Gasteiger partial charge in [-0.05, 0) is 13.0 Å². The van der Waals surface area contributed by atoms with Gasteiger partial charge < -0.3 is 9.64 Å². The van der Waals surface area contributed by atoms with E-state index in [9.17, 15) is 4.79 Å². The first-order valence-corrected chi connectivity index (χ1v) is 5.94. The highest BCUT2D eigenvalue weighted by Crippen LogP contribution is 2.14. The molecular formula is C12H14N4O2. The van der Waals surface area contributed by atoms with E-state index in [4.69, 9.17) is 4.74 Å². The summed E-state index contributed by atoms with van der Waals surface area (Å²) in [6, 6.07) is 1.81. The molecule has 18 heavy (non-hydrogen) atoms. The summed E-state index contributed by atoms with van der Waals surface area (Å²) in [4.78, 5) is 18.3. The normalized spacial score (nSPS) is 20.3. The molecule has 0 aliphatic carbocycles. The van der Waals surface area contributed by atoms with Gasteiger partial charge in [-0.3, -0.25) is 9.89 Å². The zero-order chi connectivity index (χ0) is 12.5. The highest BCUT2D eigenvalue weighted by molar-refractivity contribution is 5.96. The van der Waals surface area contributed by atoms with Crippen LogP contribution >= 0.6 is 0 Å². The Balaban J connectivity index is 1.86. The smallest absolute Gasteiger partial charge is 0.255 e. The number of nitrogens with zero attached hydrogens (tertiary/aromatic N) is 3. The van der Waals surface area contributed by atoms with Crippen molar-refractivity contribution in [3.63, 3.8) is 0 Å². The van der Waals surface area contributed by atoms with Crippen LogP contribution in [-0.2, 0) is 4.74 Å². The average Bonchev–Trinajstić information content (AvgIpc) is 2.85. The van der Waals surface area contributed by atoms with Crippen LogP contribution in [0.5, 0.6) is 0 Å². The van der Waals surface area contributed by atoms with Crippen LogP contribution in [-0.4, -0.2) is 51.8 Å². The molecule has 0 saturated carbocycles. The third-order valence-corrected chi connectivity index (χ3v) is 3.07. The second kappa shape index (κ2) is 4.38. The van der Waals surface area contributed by atoms with E-state index in [1.54, 1.807) is 17.3 Å². The van der Waals surface area contributed by atoms with Crippen molar-refractivity contribution in [3.8, 4) is 0 Å². The van der Waals surface area contributed by atoms with Crippen LogP contribution in [0.2, 0.25) is 0 Å². The minimum absolute atomic E-state index is 0.000694. The van der Waals surface area contributed by atoms with Gasteiger partial charge in [-0.15, -0.1) is 0 Å². The van der Waals surface area contributed by atoms with Crippen molar-refractivity contribution in [1.82, 2.24) is 20.1 Å². The topological polar surface area (TPSA) is 71.1 Å². The number of aromatic amines is 1. The summed E-state index contributed by atoms with van der Waals surface area (Å²) >= 11 is 0. The minimum atomic E-state index is 0.000694. The fourth-order valence-electron chi connectivity index (χ4n) is 2.14. The largest absolute Gasteiger partial charge is 0.375 e. The van der Waals surface area contributed by atoms with Crippen molar-refractivity contribution in [2.45, 2.75) is 13.0 Å². The third-order valence-electron chi connectivity index (χ3n) is 3.07. The van der Waals surface area contributed by atoms with Gasteiger partial charge in [-0.1, -0.05) is 0 Å². The van der Waals surface area contributed by atoms with E-state index in [1.165, 1.54) is 0 Å². The molecule has 3 heterocycles. The Kier molecular flexibility index (Phi) is 2.71. The zero-order valence-corrected chi connectivity index (χ0v) is 10.1. The molecule has 1 atom stereocenters. The molecule has 6 heteroatoms. The van der Waals surface area contributed by atoms with Crippen LogP contribution in [0.15, 0.2) is 18.5 Å². The van der Waals surface area contributed by atoms with E-state index >= 15 is 0 Å². The molecule has 0 aromatic carbocycles. The predicted molar refractivity (Wildman–Crippen MR) is 65.2 cm³/mol. The van der Waals surface area contributed by atoms with Crippen molar-refractivity contribution < 1.29 is 9.53 Å². The lowest BCUT2D eigenvalue weighted by atomic mass is 10.2. The highest BCUT2D eigenvalue weighted by Gasteiger charge is 2.22. The van der Waals surface area contributed by atoms with Gasteiger partial charge in [0.1, 0.15) is 0 Å². The number of carbonyl (C=O) groups is 1. The molecule has 94 valence electrons. The number of nitrogens with one attached hydrogen (secondary N) is 1. The maximum absolute atomic E-state index is 12.3. The van der Waals surface area contributed by atoms with Gasteiger partial charge in [-0.25, -0.2) is 4.98 Å². The Bertz CT molecular complexity index is 580. The first kappa shape index (κ1) is 11.2. The van der Waals surface area contributed by atoms with E-state index in [0.29, 0.717) is 30.9 Å². The number of aromatic nitrogens is 3. The SMILES string of the molecule is C[C@@H]1CN(C(=O)c2cnc3[nH]ncc3c2)CCO1. The number of hydrogen-bond donors (Lipinski definition) is 1. The molecular weight excluding hydrogens is 232 g/mol. The molecule has 1 fully saturated rings. The van der Waals surface area contributed by atoms with Crippen molar-refractivity contribution >= 4 is 16.9 Å². The summed E-state index contributed by atoms with van der Waals surface area (Å²) in [6.07, 6.45) is 3.35. The average molecular weight is 246 g/mol. The minimum Gasteiger partial charge on any atom is -0.375 e. The van der Waals surface area contributed by atoms with E-state index in [1.807, 2.05) is 13.0 Å². The number of hydrogen-bond acceptors (Lipinski definition) is 4. The van der Waals surface area contributed by atoms with Crippen molar-refractivity contribution in [1.29, 1.82) is 0 Å². The van der Waals surface area contributed by atoms with E-state index in [2.05, 4.69) is 15.2 Å². The monoisotopic (exact) mass is 246 g/mol. The first-order chi connectivity index (χ1) is 8.74. The maximum Gasteiger partial charge on any atom is 0.255 e. The van der Waals surface area contributed by atoms with Crippen LogP contribution in [0.3, 0.4) is 0 Å². The molecule has 0 bridgehead atoms. The molecule has 2 aromatic rings. The molecule has 2 aromatic heterocycles. The van der Waals surface area contributed by atoms with Crippen molar-refractivity contribution in [2.24, 2.45) is 0 Å². The van der Waals surface area contributed by atoms with Crippen molar-refractivity contribution in [3.05, 3.63) is 24.0 Å². The summed E-state index contributed by atoms with van der Waals surface area (Å²) < 4.78 is 5.43. The van der Waals surface area contributed by atoms with E-state index in [-0.39, 0.29) is 12.0 Å². The molecule has 1 amide bonds. The number of H-pyrrole nitrogens is 1. The lowest BCUT2D eigenvalue weighted by molar-refractivity contribution is -0.0124. The molecule has 1 aliphatic rings. The molecule has 1 aliphatic heterocycles. The Morgan fingerprint density at radius 2 is 2.44 bits per heavy atom. The lowest BCUT2D eigenvalue weighted by Crippen LogP contribution is -2.44. The van der Waals surface area contributed by atoms with Gasteiger partial charge in [0.15, 0.2) is 5.65 Å². The maximum atomic E-state index is 12.3. The standard InChI is InChI=1S/C12H14N4O2/c1-8-7-16(2-3-18-8)12(17)10-4-9-6-14-15-11(9)13-5-10/h4-6,8H,2-3,7H2,1H3,(H,13,14,15)/t8-/m1/s1. The Hall–Kier alpha value is -1.95. The van der Waals surface area contributed by atoms with E-state index in [0.717, 1.165) is 5.39 Å². The zero-order valence-electron chi connectivity index (χ0n) is 10.1. The van der Waals surface area contributed by atoms with Crippen LogP contribution in [0.1, 0.15) is 17.3 Å². The molecule has 0 spiro atoms. The van der Waals surface area contributed by atoms with Crippen LogP contribution in [0.25, 0.3) is 11.0 Å². The van der Waals surface area contributed by atoms with Gasteiger partial charge in [0, 0.05) is 24.7 Å². The first-order valence-electron chi connectivity index (χ1n) is 5.94. The molecule has 6 nitrogen and oxygen atoms in total. The van der Waals surface area contributed by atoms with Gasteiger partial charge in [0.05, 0.1) is 24.5 Å². The number of fused-ring (bicyclic) bond motifs is 1. The molecule has 0 radical (unpaired) electrons. The van der Waals surface area contributed by atoms with E-state index < -0.39 is 0 Å². The third kappa shape index (κ3) is 1.95. The Morgan fingerprint density at radius 1 is 1.56 bits per heavy atom. The fraction of sp³-hybridized carbons (Fsp3) is 0.417. The van der Waals surface area contributed by atoms with Gasteiger partial charge in [-0.2, -0.15) is 5.10 Å². The summed E-state index contributed by atoms with van der Waals surface area (Å²) in [7, 11) is 0. The highest BCUT2D eigenvalue weighted by atomic mass is 16.5. The fourth-order valence-corrected chi connectivity index (χ4v) is 2.14. The van der Waals surface area contributed by atoms with Crippen molar-refractivity contribution in [2.75, 3.05) is 19.7 Å². The molecule has 0 unspecified atom stereocenters. The quantitative estimate of drug-likeness (QED) is 0.808. The van der Waals surface area contributed by atoms with Gasteiger partial charge in [0.25, 0.3) is 5.91 Å². The summed E-state index contributed by atoms with van der Waals surface area (Å²) in [5, 5.41) is 7.51.